The van der Waals surface area contributed by atoms with Gasteiger partial charge >= 0.3 is 0 Å². The molecule has 0 aliphatic heterocycles. The average molecular weight is 335 g/mol. The summed E-state index contributed by atoms with van der Waals surface area (Å²) < 4.78 is 21.4. The van der Waals surface area contributed by atoms with Gasteiger partial charge in [-0.15, -0.1) is 0 Å². The van der Waals surface area contributed by atoms with E-state index >= 15 is 0 Å². The SMILES string of the molecule is CCCCc1noc(C(C)Nc2cc(OC)c(OC)c(OC)c2)n1. The largest absolute Gasteiger partial charge is 0.493 e. The van der Waals surface area contributed by atoms with Crippen molar-refractivity contribution < 1.29 is 18.7 Å². The van der Waals surface area contributed by atoms with Crippen LogP contribution in [0.3, 0.4) is 0 Å². The van der Waals surface area contributed by atoms with Gasteiger partial charge in [0.25, 0.3) is 0 Å². The number of aromatic nitrogens is 2. The van der Waals surface area contributed by atoms with Crippen molar-refractivity contribution >= 4 is 5.69 Å². The number of hydrogen-bond acceptors (Lipinski definition) is 7. The summed E-state index contributed by atoms with van der Waals surface area (Å²) in [4.78, 5) is 4.44. The van der Waals surface area contributed by atoms with E-state index in [9.17, 15) is 0 Å². The minimum atomic E-state index is -0.143. The third-order valence-corrected chi connectivity index (χ3v) is 3.66. The molecule has 0 radical (unpaired) electrons. The highest BCUT2D eigenvalue weighted by atomic mass is 16.5. The van der Waals surface area contributed by atoms with Crippen molar-refractivity contribution in [3.8, 4) is 17.2 Å². The highest BCUT2D eigenvalue weighted by Gasteiger charge is 2.17. The van der Waals surface area contributed by atoms with Gasteiger partial charge in [0.2, 0.25) is 11.6 Å². The Morgan fingerprint density at radius 3 is 2.33 bits per heavy atom. The molecule has 7 nitrogen and oxygen atoms in total. The van der Waals surface area contributed by atoms with Gasteiger partial charge in [-0.2, -0.15) is 4.98 Å². The molecule has 0 spiro atoms. The molecule has 0 bridgehead atoms. The smallest absolute Gasteiger partial charge is 0.248 e. The lowest BCUT2D eigenvalue weighted by atomic mass is 10.2. The minimum absolute atomic E-state index is 0.143. The van der Waals surface area contributed by atoms with E-state index < -0.39 is 0 Å². The first-order valence-corrected chi connectivity index (χ1v) is 8.01. The van der Waals surface area contributed by atoms with Crippen LogP contribution in [-0.4, -0.2) is 31.5 Å². The van der Waals surface area contributed by atoms with Crippen LogP contribution in [0.15, 0.2) is 16.7 Å². The van der Waals surface area contributed by atoms with Crippen molar-refractivity contribution in [2.45, 2.75) is 39.2 Å². The van der Waals surface area contributed by atoms with E-state index in [-0.39, 0.29) is 6.04 Å². The zero-order valence-electron chi connectivity index (χ0n) is 14.9. The van der Waals surface area contributed by atoms with Gasteiger partial charge in [0.15, 0.2) is 17.3 Å². The van der Waals surface area contributed by atoms with Crippen LogP contribution in [0.1, 0.15) is 44.4 Å². The quantitative estimate of drug-likeness (QED) is 0.750. The van der Waals surface area contributed by atoms with Crippen molar-refractivity contribution in [1.29, 1.82) is 0 Å². The summed E-state index contributed by atoms with van der Waals surface area (Å²) in [5.41, 5.74) is 0.810. The molecule has 1 heterocycles. The Hall–Kier alpha value is -2.44. The molecule has 1 aromatic heterocycles. The van der Waals surface area contributed by atoms with E-state index in [4.69, 9.17) is 18.7 Å². The van der Waals surface area contributed by atoms with Gasteiger partial charge < -0.3 is 24.1 Å². The van der Waals surface area contributed by atoms with Gasteiger partial charge in [0.1, 0.15) is 6.04 Å². The van der Waals surface area contributed by atoms with Gasteiger partial charge in [-0.1, -0.05) is 18.5 Å². The van der Waals surface area contributed by atoms with Crippen LogP contribution in [0, 0.1) is 0 Å². The maximum atomic E-state index is 5.36. The van der Waals surface area contributed by atoms with Gasteiger partial charge in [-0.3, -0.25) is 0 Å². The van der Waals surface area contributed by atoms with Crippen LogP contribution >= 0.6 is 0 Å². The molecule has 0 saturated heterocycles. The summed E-state index contributed by atoms with van der Waals surface area (Å²) in [6.07, 6.45) is 2.98. The second-order valence-corrected chi connectivity index (χ2v) is 5.43. The highest BCUT2D eigenvalue weighted by Crippen LogP contribution is 2.40. The third kappa shape index (κ3) is 4.10. The standard InChI is InChI=1S/C17H25N3O4/c1-6-7-8-15-19-17(24-20-15)11(2)18-12-9-13(21-3)16(23-5)14(10-12)22-4/h9-11,18H,6-8H2,1-5H3. The lowest BCUT2D eigenvalue weighted by Crippen LogP contribution is -2.08. The van der Waals surface area contributed by atoms with E-state index in [1.165, 1.54) is 0 Å². The molecule has 0 amide bonds. The molecule has 0 aliphatic carbocycles. The fourth-order valence-electron chi connectivity index (χ4n) is 2.36. The van der Waals surface area contributed by atoms with E-state index in [0.29, 0.717) is 23.1 Å². The summed E-state index contributed by atoms with van der Waals surface area (Å²) >= 11 is 0. The molecular formula is C17H25N3O4. The van der Waals surface area contributed by atoms with E-state index in [1.807, 2.05) is 19.1 Å². The fraction of sp³-hybridized carbons (Fsp3) is 0.529. The number of methoxy groups -OCH3 is 3. The van der Waals surface area contributed by atoms with Crippen LogP contribution in [0.2, 0.25) is 0 Å². The number of nitrogens with zero attached hydrogens (tertiary/aromatic N) is 2. The molecule has 1 N–H and O–H groups in total. The number of aryl methyl sites for hydroxylation is 1. The zero-order valence-corrected chi connectivity index (χ0v) is 14.9. The number of anilines is 1. The summed E-state index contributed by atoms with van der Waals surface area (Å²) in [5.74, 6) is 3.01. The molecule has 0 fully saturated rings. The van der Waals surface area contributed by atoms with Crippen molar-refractivity contribution in [1.82, 2.24) is 10.1 Å². The van der Waals surface area contributed by atoms with Crippen LogP contribution in [-0.2, 0) is 6.42 Å². The first-order valence-electron chi connectivity index (χ1n) is 8.01. The topological polar surface area (TPSA) is 78.6 Å². The zero-order chi connectivity index (χ0) is 17.5. The maximum Gasteiger partial charge on any atom is 0.248 e. The monoisotopic (exact) mass is 335 g/mol. The van der Waals surface area contributed by atoms with Crippen molar-refractivity contribution in [2.24, 2.45) is 0 Å². The molecule has 2 aromatic rings. The molecule has 7 heteroatoms. The lowest BCUT2D eigenvalue weighted by molar-refractivity contribution is 0.324. The Bertz CT molecular complexity index is 632. The Balaban J connectivity index is 2.16. The van der Waals surface area contributed by atoms with E-state index in [2.05, 4.69) is 22.4 Å². The van der Waals surface area contributed by atoms with Crippen molar-refractivity contribution in [2.75, 3.05) is 26.6 Å². The number of rotatable bonds is 9. The summed E-state index contributed by atoms with van der Waals surface area (Å²) in [6, 6.07) is 3.54. The molecule has 1 aromatic carbocycles. The maximum absolute atomic E-state index is 5.36. The van der Waals surface area contributed by atoms with Crippen molar-refractivity contribution in [3.05, 3.63) is 23.8 Å². The van der Waals surface area contributed by atoms with Gasteiger partial charge in [0.05, 0.1) is 21.3 Å². The molecule has 0 aliphatic rings. The first-order chi connectivity index (χ1) is 11.6. The molecule has 0 saturated carbocycles. The number of nitrogens with one attached hydrogen (secondary N) is 1. The Morgan fingerprint density at radius 1 is 1.12 bits per heavy atom. The molecule has 132 valence electrons. The number of benzene rings is 1. The van der Waals surface area contributed by atoms with Gasteiger partial charge in [-0.25, -0.2) is 0 Å². The third-order valence-electron chi connectivity index (χ3n) is 3.66. The Morgan fingerprint density at radius 2 is 1.79 bits per heavy atom. The summed E-state index contributed by atoms with van der Waals surface area (Å²) in [5, 5.41) is 7.33. The second kappa shape index (κ2) is 8.42. The second-order valence-electron chi connectivity index (χ2n) is 5.43. The predicted molar refractivity (Wildman–Crippen MR) is 91.0 cm³/mol. The van der Waals surface area contributed by atoms with Crippen LogP contribution in [0.4, 0.5) is 5.69 Å². The van der Waals surface area contributed by atoms with Crippen molar-refractivity contribution in [3.63, 3.8) is 0 Å². The first kappa shape index (κ1) is 17.9. The van der Waals surface area contributed by atoms with Gasteiger partial charge in [-0.05, 0) is 13.3 Å². The predicted octanol–water partition coefficient (Wildman–Crippen LogP) is 3.61. The summed E-state index contributed by atoms with van der Waals surface area (Å²) in [6.45, 7) is 4.09. The number of unbranched alkanes of at least 4 members (excludes halogenated alkanes) is 1. The van der Waals surface area contributed by atoms with Crippen LogP contribution in [0.25, 0.3) is 0 Å². The molecular weight excluding hydrogens is 310 g/mol. The molecule has 2 rings (SSSR count). The van der Waals surface area contributed by atoms with Crippen LogP contribution < -0.4 is 19.5 Å². The van der Waals surface area contributed by atoms with Crippen LogP contribution in [0.5, 0.6) is 17.2 Å². The lowest BCUT2D eigenvalue weighted by Gasteiger charge is -2.16. The summed E-state index contributed by atoms with van der Waals surface area (Å²) in [7, 11) is 4.75. The minimum Gasteiger partial charge on any atom is -0.493 e. The molecule has 1 atom stereocenters. The fourth-order valence-corrected chi connectivity index (χ4v) is 2.36. The Labute approximate surface area is 142 Å². The normalized spacial score (nSPS) is 11.9. The number of ether oxygens (including phenoxy) is 3. The average Bonchev–Trinajstić information content (AvgIpc) is 3.08. The Kier molecular flexibility index (Phi) is 6.28. The molecule has 24 heavy (non-hydrogen) atoms. The van der Waals surface area contributed by atoms with E-state index in [0.717, 1.165) is 30.8 Å². The number of hydrogen-bond donors (Lipinski definition) is 1. The van der Waals surface area contributed by atoms with Gasteiger partial charge in [0, 0.05) is 24.2 Å². The molecule has 1 unspecified atom stereocenters. The highest BCUT2D eigenvalue weighted by molar-refractivity contribution is 5.62. The van der Waals surface area contributed by atoms with E-state index in [1.54, 1.807) is 21.3 Å².